The average molecular weight is 253 g/mol. The lowest BCUT2D eigenvalue weighted by atomic mass is 10.2. The van der Waals surface area contributed by atoms with Crippen LogP contribution in [0.25, 0.3) is 0 Å². The van der Waals surface area contributed by atoms with E-state index in [1.54, 1.807) is 12.1 Å². The molecule has 18 heavy (non-hydrogen) atoms. The van der Waals surface area contributed by atoms with Crippen molar-refractivity contribution in [3.63, 3.8) is 0 Å². The number of nitrogens with one attached hydrogen (secondary N) is 1. The van der Waals surface area contributed by atoms with Crippen LogP contribution in [0.5, 0.6) is 11.5 Å². The molecule has 1 N–H and O–H groups in total. The first-order valence-corrected chi connectivity index (χ1v) is 5.86. The summed E-state index contributed by atoms with van der Waals surface area (Å²) in [6.07, 6.45) is 0.853. The Hall–Kier alpha value is -1.75. The lowest BCUT2D eigenvalue weighted by Crippen LogP contribution is -3.05. The molecule has 0 radical (unpaired) electrons. The van der Waals surface area contributed by atoms with E-state index in [2.05, 4.69) is 14.1 Å². The number of rotatable bonds is 7. The van der Waals surface area contributed by atoms with Crippen molar-refractivity contribution in [1.82, 2.24) is 0 Å². The minimum Gasteiger partial charge on any atom is -0.545 e. The van der Waals surface area contributed by atoms with Gasteiger partial charge in [0.25, 0.3) is 0 Å². The molecule has 0 aliphatic carbocycles. The average Bonchev–Trinajstić information content (AvgIpc) is 2.33. The number of benzene rings is 1. The summed E-state index contributed by atoms with van der Waals surface area (Å²) >= 11 is 0. The van der Waals surface area contributed by atoms with Crippen LogP contribution in [0.4, 0.5) is 0 Å². The second-order valence-electron chi connectivity index (χ2n) is 4.31. The summed E-state index contributed by atoms with van der Waals surface area (Å²) in [5.74, 6) is -0.387. The van der Waals surface area contributed by atoms with Gasteiger partial charge in [-0.3, -0.25) is 0 Å². The molecule has 0 aromatic heterocycles. The molecular weight excluding hydrogens is 234 g/mol. The van der Waals surface area contributed by atoms with E-state index in [1.807, 2.05) is 0 Å². The Morgan fingerprint density at radius 3 is 2.67 bits per heavy atom. The van der Waals surface area contributed by atoms with Gasteiger partial charge in [0.1, 0.15) is 11.5 Å². The van der Waals surface area contributed by atoms with E-state index in [0.717, 1.165) is 13.0 Å². The van der Waals surface area contributed by atoms with Gasteiger partial charge in [-0.05, 0) is 12.1 Å². The molecule has 1 rings (SSSR count). The maximum Gasteiger partial charge on any atom is 0.132 e. The number of carboxylic acids is 1. The molecule has 0 amide bonds. The third-order valence-electron chi connectivity index (χ3n) is 2.49. The monoisotopic (exact) mass is 253 g/mol. The maximum absolute atomic E-state index is 10.9. The first-order chi connectivity index (χ1) is 8.54. The summed E-state index contributed by atoms with van der Waals surface area (Å²) in [7, 11) is 5.63. The number of ether oxygens (including phenoxy) is 2. The first-order valence-electron chi connectivity index (χ1n) is 5.86. The fourth-order valence-corrected chi connectivity index (χ4v) is 1.53. The second-order valence-corrected chi connectivity index (χ2v) is 4.31. The Bertz CT molecular complexity index is 404. The summed E-state index contributed by atoms with van der Waals surface area (Å²) in [6, 6.07) is 4.57. The second kappa shape index (κ2) is 6.86. The molecule has 1 aromatic carbocycles. The van der Waals surface area contributed by atoms with E-state index in [0.29, 0.717) is 18.1 Å². The number of carboxylic acid groups (broad SMARTS) is 1. The van der Waals surface area contributed by atoms with Gasteiger partial charge in [0.15, 0.2) is 0 Å². The zero-order valence-electron chi connectivity index (χ0n) is 11.0. The number of hydrogen-bond acceptors (Lipinski definition) is 4. The van der Waals surface area contributed by atoms with Crippen LogP contribution in [-0.4, -0.2) is 40.3 Å². The van der Waals surface area contributed by atoms with Gasteiger partial charge in [-0.15, -0.1) is 0 Å². The molecule has 0 spiro atoms. The fraction of sp³-hybridized carbons (Fsp3) is 0.462. The van der Waals surface area contributed by atoms with Crippen molar-refractivity contribution in [2.45, 2.75) is 6.42 Å². The van der Waals surface area contributed by atoms with E-state index in [4.69, 9.17) is 9.47 Å². The van der Waals surface area contributed by atoms with Crippen molar-refractivity contribution in [2.75, 3.05) is 34.4 Å². The zero-order chi connectivity index (χ0) is 13.5. The lowest BCUT2D eigenvalue weighted by Gasteiger charge is -2.14. The van der Waals surface area contributed by atoms with E-state index in [-0.39, 0.29) is 5.56 Å². The van der Waals surface area contributed by atoms with Crippen LogP contribution in [0.1, 0.15) is 16.8 Å². The lowest BCUT2D eigenvalue weighted by molar-refractivity contribution is -0.858. The number of hydrogen-bond donors (Lipinski definition) is 1. The maximum atomic E-state index is 10.9. The molecule has 5 nitrogen and oxygen atoms in total. The number of quaternary nitrogens is 1. The Labute approximate surface area is 107 Å². The van der Waals surface area contributed by atoms with E-state index in [9.17, 15) is 9.90 Å². The Balaban J connectivity index is 2.69. The molecule has 1 aromatic rings. The summed E-state index contributed by atoms with van der Waals surface area (Å²) in [5, 5.41) is 10.9. The molecule has 0 heterocycles. The Morgan fingerprint density at radius 1 is 1.39 bits per heavy atom. The topological polar surface area (TPSA) is 63.0 Å². The Kier molecular flexibility index (Phi) is 5.45. The van der Waals surface area contributed by atoms with Crippen LogP contribution in [-0.2, 0) is 0 Å². The molecular formula is C13H19NO4. The van der Waals surface area contributed by atoms with E-state index in [1.165, 1.54) is 18.1 Å². The minimum atomic E-state index is -1.24. The number of methoxy groups -OCH3 is 1. The SMILES string of the molecule is COc1ccc(C(=O)[O-])c(OCCC[NH+](C)C)c1. The highest BCUT2D eigenvalue weighted by Crippen LogP contribution is 2.24. The van der Waals surface area contributed by atoms with Crippen molar-refractivity contribution in [1.29, 1.82) is 0 Å². The van der Waals surface area contributed by atoms with E-state index < -0.39 is 5.97 Å². The highest BCUT2D eigenvalue weighted by Gasteiger charge is 2.07. The first kappa shape index (κ1) is 14.3. The highest BCUT2D eigenvalue weighted by atomic mass is 16.5. The fourth-order valence-electron chi connectivity index (χ4n) is 1.53. The summed E-state index contributed by atoms with van der Waals surface area (Å²) in [5.41, 5.74) is 0.0491. The van der Waals surface area contributed by atoms with Gasteiger partial charge >= 0.3 is 0 Å². The highest BCUT2D eigenvalue weighted by molar-refractivity contribution is 5.89. The third kappa shape index (κ3) is 4.25. The van der Waals surface area contributed by atoms with Crippen LogP contribution < -0.4 is 19.5 Å². The van der Waals surface area contributed by atoms with Crippen LogP contribution >= 0.6 is 0 Å². The number of aromatic carboxylic acids is 1. The normalized spacial score (nSPS) is 10.4. The molecule has 100 valence electrons. The van der Waals surface area contributed by atoms with Gasteiger partial charge in [-0.1, -0.05) is 0 Å². The predicted molar refractivity (Wildman–Crippen MR) is 65.1 cm³/mol. The van der Waals surface area contributed by atoms with Crippen LogP contribution in [0.2, 0.25) is 0 Å². The quantitative estimate of drug-likeness (QED) is 0.631. The summed E-state index contributed by atoms with van der Waals surface area (Å²) in [4.78, 5) is 12.2. The summed E-state index contributed by atoms with van der Waals surface area (Å²) < 4.78 is 10.5. The number of carbonyl (C=O) groups excluding carboxylic acids is 1. The van der Waals surface area contributed by atoms with Gasteiger partial charge < -0.3 is 24.3 Å². The minimum absolute atomic E-state index is 0.0491. The van der Waals surface area contributed by atoms with Gasteiger partial charge in [0.2, 0.25) is 0 Å². The largest absolute Gasteiger partial charge is 0.545 e. The molecule has 0 saturated carbocycles. The van der Waals surface area contributed by atoms with Gasteiger partial charge in [-0.25, -0.2) is 0 Å². The molecule has 0 bridgehead atoms. The van der Waals surface area contributed by atoms with Crippen molar-refractivity contribution >= 4 is 5.97 Å². The zero-order valence-corrected chi connectivity index (χ0v) is 11.0. The van der Waals surface area contributed by atoms with Crippen molar-refractivity contribution in [3.05, 3.63) is 23.8 Å². The van der Waals surface area contributed by atoms with Crippen molar-refractivity contribution in [2.24, 2.45) is 0 Å². The van der Waals surface area contributed by atoms with Crippen molar-refractivity contribution < 1.29 is 24.3 Å². The molecule has 0 aliphatic rings. The van der Waals surface area contributed by atoms with Crippen LogP contribution in [0, 0.1) is 0 Å². The van der Waals surface area contributed by atoms with E-state index >= 15 is 0 Å². The van der Waals surface area contributed by atoms with Gasteiger partial charge in [0, 0.05) is 18.1 Å². The van der Waals surface area contributed by atoms with Crippen LogP contribution in [0.3, 0.4) is 0 Å². The summed E-state index contributed by atoms with van der Waals surface area (Å²) in [6.45, 7) is 1.43. The van der Waals surface area contributed by atoms with Gasteiger partial charge in [0.05, 0.1) is 40.3 Å². The molecule has 0 unspecified atom stereocenters. The predicted octanol–water partition coefficient (Wildman–Crippen LogP) is -1.03. The van der Waals surface area contributed by atoms with Crippen LogP contribution in [0.15, 0.2) is 18.2 Å². The molecule has 0 aliphatic heterocycles. The Morgan fingerprint density at radius 2 is 2.11 bits per heavy atom. The van der Waals surface area contributed by atoms with Crippen molar-refractivity contribution in [3.8, 4) is 11.5 Å². The van der Waals surface area contributed by atoms with Gasteiger partial charge in [-0.2, -0.15) is 0 Å². The third-order valence-corrected chi connectivity index (χ3v) is 2.49. The molecule has 5 heteroatoms. The number of carbonyl (C=O) groups is 1. The smallest absolute Gasteiger partial charge is 0.132 e. The molecule has 0 saturated heterocycles. The molecule has 0 atom stereocenters. The standard InChI is InChI=1S/C13H19NO4/c1-14(2)7-4-8-18-12-9-10(17-3)5-6-11(12)13(15)16/h5-6,9H,4,7-8H2,1-3H3,(H,15,16). The molecule has 0 fully saturated rings.